The third-order valence-corrected chi connectivity index (χ3v) is 7.48. The van der Waals surface area contributed by atoms with Gasteiger partial charge >= 0.3 is 0 Å². The second kappa shape index (κ2) is 8.22. The van der Waals surface area contributed by atoms with Gasteiger partial charge < -0.3 is 10.1 Å². The summed E-state index contributed by atoms with van der Waals surface area (Å²) in [5.74, 6) is 0.261. The van der Waals surface area contributed by atoms with Gasteiger partial charge in [0.1, 0.15) is 5.75 Å². The Balaban J connectivity index is 1.94. The summed E-state index contributed by atoms with van der Waals surface area (Å²) in [5.41, 5.74) is 0.484. The van der Waals surface area contributed by atoms with Crippen LogP contribution in [0, 0.1) is 0 Å². The number of benzene rings is 2. The Bertz CT molecular complexity index is 1170. The Hall–Kier alpha value is -2.29. The summed E-state index contributed by atoms with van der Waals surface area (Å²) in [6, 6.07) is 11.4. The smallest absolute Gasteiger partial charge is 0.264 e. The van der Waals surface area contributed by atoms with Crippen LogP contribution in [0.5, 0.6) is 5.75 Å². The monoisotopic (exact) mass is 452 g/mol. The summed E-state index contributed by atoms with van der Waals surface area (Å²) in [6.45, 7) is 3.79. The Kier molecular flexibility index (Phi) is 6.07. The van der Waals surface area contributed by atoms with Crippen molar-refractivity contribution in [2.24, 2.45) is 0 Å². The zero-order valence-electron chi connectivity index (χ0n) is 16.4. The van der Waals surface area contributed by atoms with Crippen molar-refractivity contribution in [2.75, 3.05) is 18.5 Å². The van der Waals surface area contributed by atoms with E-state index in [1.54, 1.807) is 18.2 Å². The van der Waals surface area contributed by atoms with Gasteiger partial charge in [-0.15, -0.1) is 11.3 Å². The molecule has 0 unspecified atom stereocenters. The number of fused-ring (bicyclic) bond motifs is 1. The first-order valence-corrected chi connectivity index (χ1v) is 11.4. The summed E-state index contributed by atoms with van der Waals surface area (Å²) in [7, 11) is -0.871. The molecule has 1 heterocycles. The minimum Gasteiger partial charge on any atom is -0.495 e. The highest BCUT2D eigenvalue weighted by atomic mass is 35.5. The van der Waals surface area contributed by atoms with Gasteiger partial charge in [0.2, 0.25) is 0 Å². The van der Waals surface area contributed by atoms with Crippen molar-refractivity contribution in [1.82, 2.24) is 5.32 Å². The number of carbonyl (C=O) groups is 1. The number of nitrogens with one attached hydrogen (secondary N) is 1. The lowest BCUT2D eigenvalue weighted by Crippen LogP contribution is -2.29. The fourth-order valence-electron chi connectivity index (χ4n) is 2.78. The van der Waals surface area contributed by atoms with Crippen LogP contribution in [-0.2, 0) is 10.0 Å². The van der Waals surface area contributed by atoms with Crippen molar-refractivity contribution < 1.29 is 17.9 Å². The minimum absolute atomic E-state index is 0.0378. The van der Waals surface area contributed by atoms with E-state index in [0.717, 1.165) is 10.1 Å². The molecule has 0 bridgehead atoms. The molecule has 0 spiro atoms. The second-order valence-corrected chi connectivity index (χ2v) is 10.2. The molecule has 29 heavy (non-hydrogen) atoms. The highest BCUT2D eigenvalue weighted by Gasteiger charge is 2.23. The number of sulfonamides is 1. The average Bonchev–Trinajstić information content (AvgIpc) is 3.10. The summed E-state index contributed by atoms with van der Waals surface area (Å²) in [6.07, 6.45) is 0. The number of amides is 1. The molecule has 154 valence electrons. The van der Waals surface area contributed by atoms with Crippen LogP contribution in [0.25, 0.3) is 10.1 Å². The number of anilines is 1. The Morgan fingerprint density at radius 1 is 1.17 bits per heavy atom. The molecule has 0 aliphatic heterocycles. The SMILES string of the molecule is COc1ccc(S(=O)(=O)N(C)c2ccc3sc(C(=O)NC(C)C)cc3c2)cc1Cl. The molecule has 0 aliphatic carbocycles. The first-order chi connectivity index (χ1) is 13.6. The molecule has 1 N–H and O–H groups in total. The molecule has 0 saturated heterocycles. The van der Waals surface area contributed by atoms with E-state index in [-0.39, 0.29) is 21.9 Å². The molecular formula is C20H21ClN2O4S2. The van der Waals surface area contributed by atoms with Gasteiger partial charge in [0.25, 0.3) is 15.9 Å². The van der Waals surface area contributed by atoms with Gasteiger partial charge in [0.05, 0.1) is 27.6 Å². The van der Waals surface area contributed by atoms with E-state index in [0.29, 0.717) is 16.3 Å². The van der Waals surface area contributed by atoms with Gasteiger partial charge in [-0.1, -0.05) is 11.6 Å². The third kappa shape index (κ3) is 4.34. The maximum absolute atomic E-state index is 13.0. The number of nitrogens with zero attached hydrogens (tertiary/aromatic N) is 1. The van der Waals surface area contributed by atoms with Crippen LogP contribution in [0.15, 0.2) is 47.4 Å². The first kappa shape index (κ1) is 21.4. The summed E-state index contributed by atoms with van der Waals surface area (Å²) in [4.78, 5) is 12.9. The number of carbonyl (C=O) groups excluding carboxylic acids is 1. The summed E-state index contributed by atoms with van der Waals surface area (Å²) in [5, 5.41) is 3.88. The molecule has 1 amide bonds. The molecule has 0 aliphatic rings. The van der Waals surface area contributed by atoms with Gasteiger partial charge in [-0.25, -0.2) is 8.42 Å². The molecule has 9 heteroatoms. The van der Waals surface area contributed by atoms with Crippen molar-refractivity contribution >= 4 is 54.6 Å². The second-order valence-electron chi connectivity index (χ2n) is 6.73. The minimum atomic E-state index is -3.82. The van der Waals surface area contributed by atoms with Crippen LogP contribution < -0.4 is 14.4 Å². The van der Waals surface area contributed by atoms with Gasteiger partial charge in [-0.3, -0.25) is 9.10 Å². The van der Waals surface area contributed by atoms with E-state index in [1.807, 2.05) is 19.9 Å². The largest absolute Gasteiger partial charge is 0.495 e. The summed E-state index contributed by atoms with van der Waals surface area (Å²) >= 11 is 7.45. The fourth-order valence-corrected chi connectivity index (χ4v) is 5.26. The van der Waals surface area contributed by atoms with Crippen LogP contribution in [0.1, 0.15) is 23.5 Å². The topological polar surface area (TPSA) is 75.7 Å². The van der Waals surface area contributed by atoms with E-state index >= 15 is 0 Å². The predicted molar refractivity (Wildman–Crippen MR) is 118 cm³/mol. The molecule has 0 saturated carbocycles. The number of hydrogen-bond acceptors (Lipinski definition) is 5. The molecule has 0 fully saturated rings. The zero-order chi connectivity index (χ0) is 21.3. The molecule has 0 atom stereocenters. The van der Waals surface area contributed by atoms with Gasteiger partial charge in [-0.2, -0.15) is 0 Å². The van der Waals surface area contributed by atoms with Crippen molar-refractivity contribution in [1.29, 1.82) is 0 Å². The van der Waals surface area contributed by atoms with E-state index in [1.165, 1.54) is 48.0 Å². The quantitative estimate of drug-likeness (QED) is 0.596. The number of thiophene rings is 1. The van der Waals surface area contributed by atoms with Crippen molar-refractivity contribution in [3.05, 3.63) is 52.4 Å². The third-order valence-electron chi connectivity index (χ3n) is 4.29. The number of halogens is 1. The van der Waals surface area contributed by atoms with Crippen molar-refractivity contribution in [2.45, 2.75) is 24.8 Å². The molecule has 6 nitrogen and oxygen atoms in total. The first-order valence-electron chi connectivity index (χ1n) is 8.80. The van der Waals surface area contributed by atoms with Gasteiger partial charge in [-0.05, 0) is 61.7 Å². The van der Waals surface area contributed by atoms with Gasteiger partial charge in [0, 0.05) is 17.8 Å². The molecule has 3 rings (SSSR count). The van der Waals surface area contributed by atoms with Crippen molar-refractivity contribution in [3.8, 4) is 5.75 Å². The molecule has 1 aromatic heterocycles. The lowest BCUT2D eigenvalue weighted by molar-refractivity contribution is 0.0947. The summed E-state index contributed by atoms with van der Waals surface area (Å²) < 4.78 is 33.2. The number of rotatable bonds is 6. The predicted octanol–water partition coefficient (Wildman–Crippen LogP) is 4.53. The van der Waals surface area contributed by atoms with E-state index in [2.05, 4.69) is 5.32 Å². The van der Waals surface area contributed by atoms with Crippen molar-refractivity contribution in [3.63, 3.8) is 0 Å². The Morgan fingerprint density at radius 2 is 1.90 bits per heavy atom. The average molecular weight is 453 g/mol. The lowest BCUT2D eigenvalue weighted by Gasteiger charge is -2.20. The number of hydrogen-bond donors (Lipinski definition) is 1. The van der Waals surface area contributed by atoms with E-state index in [4.69, 9.17) is 16.3 Å². The number of methoxy groups -OCH3 is 1. The van der Waals surface area contributed by atoms with Crippen LogP contribution in [0.2, 0.25) is 5.02 Å². The normalized spacial score (nSPS) is 11.7. The number of ether oxygens (including phenoxy) is 1. The van der Waals surface area contributed by atoms with E-state index < -0.39 is 10.0 Å². The standard InChI is InChI=1S/C20H21ClN2O4S2/c1-12(2)22-20(24)19-10-13-9-14(5-8-18(13)28-19)23(3)29(25,26)15-6-7-17(27-4)16(21)11-15/h5-12H,1-4H3,(H,22,24). The fraction of sp³-hybridized carbons (Fsp3) is 0.250. The molecule has 3 aromatic rings. The molecular weight excluding hydrogens is 432 g/mol. The lowest BCUT2D eigenvalue weighted by atomic mass is 10.2. The zero-order valence-corrected chi connectivity index (χ0v) is 18.8. The highest BCUT2D eigenvalue weighted by molar-refractivity contribution is 7.92. The Morgan fingerprint density at radius 3 is 2.52 bits per heavy atom. The van der Waals surface area contributed by atoms with Crippen LogP contribution in [-0.4, -0.2) is 34.5 Å². The van der Waals surface area contributed by atoms with E-state index in [9.17, 15) is 13.2 Å². The van der Waals surface area contributed by atoms with Crippen LogP contribution in [0.4, 0.5) is 5.69 Å². The highest BCUT2D eigenvalue weighted by Crippen LogP contribution is 2.33. The maximum atomic E-state index is 13.0. The van der Waals surface area contributed by atoms with Gasteiger partial charge in [0.15, 0.2) is 0 Å². The molecule has 0 radical (unpaired) electrons. The Labute approximate surface area is 179 Å². The van der Waals surface area contributed by atoms with Crippen LogP contribution in [0.3, 0.4) is 0 Å². The molecule has 2 aromatic carbocycles. The van der Waals surface area contributed by atoms with Crippen LogP contribution >= 0.6 is 22.9 Å². The maximum Gasteiger partial charge on any atom is 0.264 e.